The number of ether oxygens (including phenoxy) is 1. The topological polar surface area (TPSA) is 84.0 Å². The molecule has 0 radical (unpaired) electrons. The molecule has 0 saturated carbocycles. The molecule has 29 heavy (non-hydrogen) atoms. The molecule has 2 fully saturated rings. The average Bonchev–Trinajstić information content (AvgIpc) is 2.74. The van der Waals surface area contributed by atoms with Gasteiger partial charge in [0, 0.05) is 26.2 Å². The fourth-order valence-electron chi connectivity index (χ4n) is 3.79. The molecular weight excluding hydrogens is 392 g/mol. The lowest BCUT2D eigenvalue weighted by atomic mass is 10.0. The van der Waals surface area contributed by atoms with E-state index in [1.54, 1.807) is 11.8 Å². The first-order chi connectivity index (χ1) is 13.8. The first-order valence-corrected chi connectivity index (χ1v) is 11.8. The van der Waals surface area contributed by atoms with Gasteiger partial charge >= 0.3 is 5.97 Å². The number of nitrogens with zero attached hydrogens (tertiary/aromatic N) is 2. The van der Waals surface area contributed by atoms with Gasteiger partial charge in [0.05, 0.1) is 10.5 Å². The van der Waals surface area contributed by atoms with Crippen LogP contribution in [0.3, 0.4) is 0 Å². The van der Waals surface area contributed by atoms with Gasteiger partial charge in [0.15, 0.2) is 6.10 Å². The van der Waals surface area contributed by atoms with E-state index >= 15 is 0 Å². The van der Waals surface area contributed by atoms with Gasteiger partial charge < -0.3 is 9.64 Å². The highest BCUT2D eigenvalue weighted by Gasteiger charge is 2.29. The quantitative estimate of drug-likeness (QED) is 0.681. The monoisotopic (exact) mass is 422 g/mol. The molecule has 1 amide bonds. The molecule has 160 valence electrons. The second kappa shape index (κ2) is 9.26. The number of hydrogen-bond donors (Lipinski definition) is 0. The minimum atomic E-state index is -3.56. The number of benzene rings is 1. The van der Waals surface area contributed by atoms with E-state index in [-0.39, 0.29) is 16.4 Å². The largest absolute Gasteiger partial charge is 0.449 e. The van der Waals surface area contributed by atoms with Crippen molar-refractivity contribution in [2.75, 3.05) is 26.2 Å². The number of piperidine rings is 2. The van der Waals surface area contributed by atoms with Crippen molar-refractivity contribution in [1.82, 2.24) is 9.21 Å². The zero-order valence-electron chi connectivity index (χ0n) is 17.2. The third-order valence-electron chi connectivity index (χ3n) is 5.77. The summed E-state index contributed by atoms with van der Waals surface area (Å²) in [5.41, 5.74) is 0.231. The van der Waals surface area contributed by atoms with Crippen molar-refractivity contribution in [3.05, 3.63) is 29.8 Å². The molecule has 2 aliphatic rings. The van der Waals surface area contributed by atoms with Crippen LogP contribution in [0.4, 0.5) is 0 Å². The Morgan fingerprint density at radius 2 is 1.59 bits per heavy atom. The number of carbonyl (C=O) groups is 2. The summed E-state index contributed by atoms with van der Waals surface area (Å²) in [5.74, 6) is -0.275. The molecule has 2 saturated heterocycles. The summed E-state index contributed by atoms with van der Waals surface area (Å²) < 4.78 is 32.4. The Morgan fingerprint density at radius 3 is 2.17 bits per heavy atom. The molecular formula is C21H30N2O5S. The summed E-state index contributed by atoms with van der Waals surface area (Å²) >= 11 is 0. The normalized spacial score (nSPS) is 20.3. The van der Waals surface area contributed by atoms with Crippen LogP contribution < -0.4 is 0 Å². The number of hydrogen-bond acceptors (Lipinski definition) is 5. The second-order valence-corrected chi connectivity index (χ2v) is 9.98. The zero-order valence-corrected chi connectivity index (χ0v) is 18.0. The van der Waals surface area contributed by atoms with Crippen LogP contribution in [0.1, 0.15) is 56.3 Å². The lowest BCUT2D eigenvalue weighted by Crippen LogP contribution is -2.42. The van der Waals surface area contributed by atoms with E-state index in [4.69, 9.17) is 4.74 Å². The number of sulfonamides is 1. The van der Waals surface area contributed by atoms with Crippen molar-refractivity contribution in [3.63, 3.8) is 0 Å². The number of amides is 1. The van der Waals surface area contributed by atoms with Crippen LogP contribution in [0.2, 0.25) is 0 Å². The summed E-state index contributed by atoms with van der Waals surface area (Å²) in [7, 11) is -3.56. The van der Waals surface area contributed by atoms with Crippen LogP contribution in [0.25, 0.3) is 0 Å². The van der Waals surface area contributed by atoms with E-state index in [1.165, 1.54) is 28.6 Å². The van der Waals surface area contributed by atoms with Gasteiger partial charge in [-0.3, -0.25) is 4.79 Å². The van der Waals surface area contributed by atoms with E-state index in [9.17, 15) is 18.0 Å². The molecule has 0 spiro atoms. The van der Waals surface area contributed by atoms with Gasteiger partial charge in [-0.1, -0.05) is 6.92 Å². The Labute approximate surface area is 173 Å². The molecule has 8 heteroatoms. The molecule has 2 heterocycles. The number of esters is 1. The van der Waals surface area contributed by atoms with Crippen LogP contribution in [-0.4, -0.2) is 61.8 Å². The Kier molecular flexibility index (Phi) is 6.95. The van der Waals surface area contributed by atoms with Crippen molar-refractivity contribution in [3.8, 4) is 0 Å². The van der Waals surface area contributed by atoms with E-state index in [0.717, 1.165) is 32.1 Å². The second-order valence-electron chi connectivity index (χ2n) is 8.04. The van der Waals surface area contributed by atoms with E-state index < -0.39 is 22.1 Å². The molecule has 0 aromatic heterocycles. The molecule has 0 aliphatic carbocycles. The molecule has 2 aliphatic heterocycles. The minimum absolute atomic E-state index is 0.168. The fourth-order valence-corrected chi connectivity index (χ4v) is 5.26. The highest BCUT2D eigenvalue weighted by molar-refractivity contribution is 7.89. The number of likely N-dealkylation sites (tertiary alicyclic amines) is 1. The molecule has 1 aromatic carbocycles. The summed E-state index contributed by atoms with van der Waals surface area (Å²) in [6.07, 6.45) is 3.90. The Morgan fingerprint density at radius 1 is 1.00 bits per heavy atom. The highest BCUT2D eigenvalue weighted by Crippen LogP contribution is 2.24. The maximum absolute atomic E-state index is 12.8. The van der Waals surface area contributed by atoms with Crippen LogP contribution >= 0.6 is 0 Å². The van der Waals surface area contributed by atoms with Gasteiger partial charge in [-0.05, 0) is 69.2 Å². The fraction of sp³-hybridized carbons (Fsp3) is 0.619. The lowest BCUT2D eigenvalue weighted by Gasteiger charge is -2.29. The first kappa shape index (κ1) is 21.8. The molecule has 3 rings (SSSR count). The summed E-state index contributed by atoms with van der Waals surface area (Å²) in [6.45, 7) is 6.13. The predicted octanol–water partition coefficient (Wildman–Crippen LogP) is 2.67. The summed E-state index contributed by atoms with van der Waals surface area (Å²) in [5, 5.41) is 0. The van der Waals surface area contributed by atoms with E-state index in [0.29, 0.717) is 32.1 Å². The van der Waals surface area contributed by atoms with Gasteiger partial charge in [0.2, 0.25) is 10.0 Å². The van der Waals surface area contributed by atoms with Crippen LogP contribution in [-0.2, 0) is 19.6 Å². The summed E-state index contributed by atoms with van der Waals surface area (Å²) in [6, 6.07) is 5.75. The summed E-state index contributed by atoms with van der Waals surface area (Å²) in [4.78, 5) is 26.7. The van der Waals surface area contributed by atoms with Crippen LogP contribution in [0.5, 0.6) is 0 Å². The molecule has 0 unspecified atom stereocenters. The average molecular weight is 423 g/mol. The first-order valence-electron chi connectivity index (χ1n) is 10.4. The third kappa shape index (κ3) is 5.17. The van der Waals surface area contributed by atoms with Gasteiger partial charge in [0.1, 0.15) is 0 Å². The Balaban J connectivity index is 1.61. The molecule has 7 nitrogen and oxygen atoms in total. The number of rotatable bonds is 5. The predicted molar refractivity (Wildman–Crippen MR) is 109 cm³/mol. The van der Waals surface area contributed by atoms with Gasteiger partial charge in [-0.25, -0.2) is 13.2 Å². The van der Waals surface area contributed by atoms with Crippen LogP contribution in [0, 0.1) is 5.92 Å². The van der Waals surface area contributed by atoms with Gasteiger partial charge in [-0.15, -0.1) is 0 Å². The molecule has 1 atom stereocenters. The molecule has 1 aromatic rings. The Hall–Kier alpha value is -1.93. The Bertz CT molecular complexity index is 823. The smallest absolute Gasteiger partial charge is 0.338 e. The van der Waals surface area contributed by atoms with E-state index in [2.05, 4.69) is 6.92 Å². The van der Waals surface area contributed by atoms with Crippen molar-refractivity contribution in [1.29, 1.82) is 0 Å². The van der Waals surface area contributed by atoms with Gasteiger partial charge in [0.25, 0.3) is 5.91 Å². The molecule has 0 bridgehead atoms. The maximum atomic E-state index is 12.8. The SMILES string of the molecule is CC1CCN(S(=O)(=O)c2ccc(C(=O)O[C@@H](C)C(=O)N3CCCCC3)cc2)CC1. The van der Waals surface area contributed by atoms with Crippen molar-refractivity contribution < 1.29 is 22.7 Å². The van der Waals surface area contributed by atoms with Crippen molar-refractivity contribution >= 4 is 21.9 Å². The molecule has 0 N–H and O–H groups in total. The van der Waals surface area contributed by atoms with Crippen LogP contribution in [0.15, 0.2) is 29.2 Å². The van der Waals surface area contributed by atoms with Crippen molar-refractivity contribution in [2.24, 2.45) is 5.92 Å². The zero-order chi connectivity index (χ0) is 21.0. The highest BCUT2D eigenvalue weighted by atomic mass is 32.2. The van der Waals surface area contributed by atoms with Crippen molar-refractivity contribution in [2.45, 2.75) is 57.0 Å². The minimum Gasteiger partial charge on any atom is -0.449 e. The van der Waals surface area contributed by atoms with E-state index in [1.807, 2.05) is 0 Å². The maximum Gasteiger partial charge on any atom is 0.338 e. The standard InChI is InChI=1S/C21H30N2O5S/c1-16-10-14-23(15-11-16)29(26,27)19-8-6-18(7-9-19)21(25)28-17(2)20(24)22-12-4-3-5-13-22/h6-9,16-17H,3-5,10-15H2,1-2H3/t17-/m0/s1. The lowest BCUT2D eigenvalue weighted by molar-refractivity contribution is -0.140. The van der Waals surface area contributed by atoms with Gasteiger partial charge in [-0.2, -0.15) is 4.31 Å². The number of carbonyl (C=O) groups excluding carboxylic acids is 2. The third-order valence-corrected chi connectivity index (χ3v) is 7.68.